The summed E-state index contributed by atoms with van der Waals surface area (Å²) in [6, 6.07) is 14.7. The molecule has 2 atom stereocenters. The van der Waals surface area contributed by atoms with Crippen molar-refractivity contribution in [2.24, 2.45) is 5.92 Å². The molecular weight excluding hydrogens is 463 g/mol. The number of hydrogen-bond donors (Lipinski definition) is 3. The van der Waals surface area contributed by atoms with E-state index in [1.54, 1.807) is 36.4 Å². The second kappa shape index (κ2) is 10.6. The predicted molar refractivity (Wildman–Crippen MR) is 122 cm³/mol. The molecule has 0 saturated carbocycles. The Bertz CT molecular complexity index is 1150. The number of amides is 2. The van der Waals surface area contributed by atoms with Crippen LogP contribution in [0, 0.1) is 5.92 Å². The topological polar surface area (TPSA) is 92.6 Å². The van der Waals surface area contributed by atoms with Crippen LogP contribution < -0.4 is 16.0 Å². The molecule has 1 aromatic heterocycles. The third-order valence-corrected chi connectivity index (χ3v) is 5.69. The zero-order valence-corrected chi connectivity index (χ0v) is 18.6. The molecule has 0 aliphatic carbocycles. The Morgan fingerprint density at radius 3 is 2.49 bits per heavy atom. The molecule has 1 aliphatic heterocycles. The maximum Gasteiger partial charge on any atom is 0.418 e. The zero-order valence-electron chi connectivity index (χ0n) is 18.6. The van der Waals surface area contributed by atoms with Gasteiger partial charge in [-0.3, -0.25) is 9.59 Å². The largest absolute Gasteiger partial charge is 0.459 e. The smallest absolute Gasteiger partial charge is 0.418 e. The normalized spacial score (nSPS) is 18.0. The van der Waals surface area contributed by atoms with Crippen LogP contribution in [0.5, 0.6) is 0 Å². The number of hydrogen-bond acceptors (Lipinski definition) is 5. The van der Waals surface area contributed by atoms with Crippen molar-refractivity contribution in [1.82, 2.24) is 10.6 Å². The maximum absolute atomic E-state index is 13.2. The highest BCUT2D eigenvalue weighted by Gasteiger charge is 2.34. The number of ether oxygens (including phenoxy) is 1. The van der Waals surface area contributed by atoms with Crippen molar-refractivity contribution >= 4 is 23.2 Å². The van der Waals surface area contributed by atoms with Crippen molar-refractivity contribution in [2.75, 3.05) is 18.5 Å². The molecule has 1 saturated heterocycles. The zero-order chi connectivity index (χ0) is 24.8. The molecule has 7 nitrogen and oxygen atoms in total. The lowest BCUT2D eigenvalue weighted by atomic mass is 9.94. The van der Waals surface area contributed by atoms with Gasteiger partial charge in [-0.05, 0) is 48.4 Å². The Balaban J connectivity index is 1.34. The second-order valence-electron chi connectivity index (χ2n) is 8.11. The molecule has 35 heavy (non-hydrogen) atoms. The van der Waals surface area contributed by atoms with Gasteiger partial charge in [0, 0.05) is 24.9 Å². The van der Waals surface area contributed by atoms with E-state index in [9.17, 15) is 22.8 Å². The van der Waals surface area contributed by atoms with Gasteiger partial charge in [0.05, 0.1) is 30.0 Å². The lowest BCUT2D eigenvalue weighted by Gasteiger charge is -2.31. The van der Waals surface area contributed by atoms with Crippen LogP contribution in [-0.2, 0) is 22.3 Å². The fourth-order valence-electron chi connectivity index (χ4n) is 3.84. The van der Waals surface area contributed by atoms with Crippen LogP contribution >= 0.6 is 0 Å². The number of halogens is 3. The van der Waals surface area contributed by atoms with Crippen molar-refractivity contribution in [1.29, 1.82) is 0 Å². The molecule has 1 aliphatic rings. The van der Waals surface area contributed by atoms with Crippen molar-refractivity contribution < 1.29 is 31.9 Å². The van der Waals surface area contributed by atoms with Gasteiger partial charge in [0.15, 0.2) is 5.76 Å². The Hall–Kier alpha value is -3.79. The minimum atomic E-state index is -4.47. The number of alkyl halides is 3. The third-order valence-electron chi connectivity index (χ3n) is 5.69. The average Bonchev–Trinajstić information content (AvgIpc) is 3.39. The van der Waals surface area contributed by atoms with Gasteiger partial charge in [-0.2, -0.15) is 13.2 Å². The van der Waals surface area contributed by atoms with Gasteiger partial charge < -0.3 is 25.1 Å². The van der Waals surface area contributed by atoms with Gasteiger partial charge in [-0.1, -0.05) is 24.3 Å². The summed E-state index contributed by atoms with van der Waals surface area (Å²) < 4.78 is 50.1. The summed E-state index contributed by atoms with van der Waals surface area (Å²) in [5, 5.41) is 8.46. The first-order valence-electron chi connectivity index (χ1n) is 11.0. The van der Waals surface area contributed by atoms with Gasteiger partial charge in [0.1, 0.15) is 0 Å². The number of anilines is 2. The number of carbonyl (C=O) groups is 2. The van der Waals surface area contributed by atoms with Crippen LogP contribution in [0.4, 0.5) is 24.5 Å². The van der Waals surface area contributed by atoms with Gasteiger partial charge in [0.25, 0.3) is 5.91 Å². The summed E-state index contributed by atoms with van der Waals surface area (Å²) in [5.74, 6) is -1.06. The summed E-state index contributed by atoms with van der Waals surface area (Å²) in [4.78, 5) is 25.1. The van der Waals surface area contributed by atoms with Crippen molar-refractivity contribution in [3.63, 3.8) is 0 Å². The number of carbonyl (C=O) groups excluding carboxylic acids is 2. The lowest BCUT2D eigenvalue weighted by molar-refractivity contribution is -0.137. The molecule has 184 valence electrons. The average molecular weight is 487 g/mol. The molecule has 10 heteroatoms. The standard InChI is InChI=1S/C25H24F3N3O4/c26-25(27,28)19-4-1-2-5-21(19)30-17-9-7-16(8-10-17)14-29-23(32)18-15-34-13-11-20(18)31-24(33)22-6-3-12-35-22/h1-10,12,18,20,30H,11,13-15H2,(H,29,32)(H,31,33)/t18-,20?/m1/s1. The molecule has 1 fully saturated rings. The molecule has 4 rings (SSSR count). The third kappa shape index (κ3) is 6.21. The van der Waals surface area contributed by atoms with Crippen LogP contribution in [0.3, 0.4) is 0 Å². The minimum Gasteiger partial charge on any atom is -0.459 e. The van der Waals surface area contributed by atoms with Crippen molar-refractivity contribution in [3.8, 4) is 0 Å². The van der Waals surface area contributed by atoms with Crippen LogP contribution in [0.1, 0.15) is 28.1 Å². The molecule has 2 heterocycles. The van der Waals surface area contributed by atoms with Gasteiger partial charge >= 0.3 is 6.18 Å². The van der Waals surface area contributed by atoms with Gasteiger partial charge in [-0.15, -0.1) is 0 Å². The van der Waals surface area contributed by atoms with E-state index in [-0.39, 0.29) is 30.5 Å². The molecule has 0 radical (unpaired) electrons. The molecule has 0 bridgehead atoms. The van der Waals surface area contributed by atoms with E-state index in [1.807, 2.05) is 0 Å². The van der Waals surface area contributed by atoms with Crippen molar-refractivity contribution in [2.45, 2.75) is 25.2 Å². The molecule has 2 amide bonds. The first-order valence-corrected chi connectivity index (χ1v) is 11.0. The Labute approximate surface area is 199 Å². The monoisotopic (exact) mass is 487 g/mol. The molecule has 2 aromatic carbocycles. The van der Waals surface area contributed by atoms with Crippen LogP contribution in [0.2, 0.25) is 0 Å². The van der Waals surface area contributed by atoms with E-state index >= 15 is 0 Å². The minimum absolute atomic E-state index is 0.0408. The predicted octanol–water partition coefficient (Wildman–Crippen LogP) is 4.49. The van der Waals surface area contributed by atoms with E-state index < -0.39 is 29.6 Å². The summed E-state index contributed by atoms with van der Waals surface area (Å²) >= 11 is 0. The van der Waals surface area contributed by atoms with E-state index in [4.69, 9.17) is 9.15 Å². The summed E-state index contributed by atoms with van der Waals surface area (Å²) in [7, 11) is 0. The van der Waals surface area contributed by atoms with E-state index in [2.05, 4.69) is 16.0 Å². The maximum atomic E-state index is 13.2. The Morgan fingerprint density at radius 1 is 1.00 bits per heavy atom. The molecule has 3 aromatic rings. The van der Waals surface area contributed by atoms with Crippen LogP contribution in [0.25, 0.3) is 0 Å². The summed E-state index contributed by atoms with van der Waals surface area (Å²) in [6.45, 7) is 0.822. The number of benzene rings is 2. The molecule has 3 N–H and O–H groups in total. The lowest BCUT2D eigenvalue weighted by Crippen LogP contribution is -2.51. The van der Waals surface area contributed by atoms with E-state index in [0.29, 0.717) is 18.7 Å². The van der Waals surface area contributed by atoms with E-state index in [0.717, 1.165) is 11.6 Å². The van der Waals surface area contributed by atoms with E-state index in [1.165, 1.54) is 24.5 Å². The highest BCUT2D eigenvalue weighted by Crippen LogP contribution is 2.35. The summed E-state index contributed by atoms with van der Waals surface area (Å²) in [5.41, 5.74) is 0.458. The summed E-state index contributed by atoms with van der Waals surface area (Å²) in [6.07, 6.45) is -2.57. The Kier molecular flexibility index (Phi) is 7.40. The van der Waals surface area contributed by atoms with Gasteiger partial charge in [0.2, 0.25) is 5.91 Å². The second-order valence-corrected chi connectivity index (χ2v) is 8.11. The first-order chi connectivity index (χ1) is 16.8. The van der Waals surface area contributed by atoms with Gasteiger partial charge in [-0.25, -0.2) is 0 Å². The number of rotatable bonds is 7. The highest BCUT2D eigenvalue weighted by atomic mass is 19.4. The highest BCUT2D eigenvalue weighted by molar-refractivity contribution is 5.92. The SMILES string of the molecule is O=C(NC1CCOC[C@H]1C(=O)NCc1ccc(Nc2ccccc2C(F)(F)F)cc1)c1ccco1. The molecular formula is C25H24F3N3O4. The fraction of sp³-hybridized carbons (Fsp3) is 0.280. The number of para-hydroxylation sites is 1. The number of nitrogens with one attached hydrogen (secondary N) is 3. The molecule has 0 spiro atoms. The Morgan fingerprint density at radius 2 is 1.77 bits per heavy atom. The molecule has 1 unspecified atom stereocenters. The number of furan rings is 1. The fourth-order valence-corrected chi connectivity index (χ4v) is 3.84. The first kappa shape index (κ1) is 24.3. The quantitative estimate of drug-likeness (QED) is 0.457. The van der Waals surface area contributed by atoms with Crippen molar-refractivity contribution in [3.05, 3.63) is 83.8 Å². The van der Waals surface area contributed by atoms with Crippen LogP contribution in [-0.4, -0.2) is 31.1 Å². The van der Waals surface area contributed by atoms with Crippen LogP contribution in [0.15, 0.2) is 71.3 Å².